The number of carbonyl (C=O) groups is 1. The van der Waals surface area contributed by atoms with Gasteiger partial charge in [-0.05, 0) is 31.4 Å². The van der Waals surface area contributed by atoms with Crippen molar-refractivity contribution in [2.75, 3.05) is 11.4 Å². The molecule has 0 amide bonds. The van der Waals surface area contributed by atoms with Gasteiger partial charge in [-0.2, -0.15) is 0 Å². The summed E-state index contributed by atoms with van der Waals surface area (Å²) < 4.78 is 0. The zero-order valence-electron chi connectivity index (χ0n) is 12.1. The number of aromatic nitrogens is 1. The molecule has 0 saturated carbocycles. The van der Waals surface area contributed by atoms with Crippen molar-refractivity contribution < 1.29 is 4.79 Å². The summed E-state index contributed by atoms with van der Waals surface area (Å²) in [6.07, 6.45) is 8.75. The smallest absolute Gasteiger partial charge is 0.180 e. The molecule has 19 heavy (non-hydrogen) atoms. The Labute approximate surface area is 116 Å². The van der Waals surface area contributed by atoms with Gasteiger partial charge in [-0.1, -0.05) is 26.7 Å². The van der Waals surface area contributed by atoms with E-state index in [1.54, 1.807) is 0 Å². The summed E-state index contributed by atoms with van der Waals surface area (Å²) in [7, 11) is 0. The predicted molar refractivity (Wildman–Crippen MR) is 78.8 cm³/mol. The standard InChI is InChI=1S/C16H24N2O/c1-3-13-8-6-5-7-11-18(13)14-9-10-15(17-12-14)16(19)4-2/h9-10,12-13H,3-8,11H2,1-2H3. The lowest BCUT2D eigenvalue weighted by Crippen LogP contribution is -2.34. The number of Topliss-reactive ketones (excluding diaryl/α,β-unsaturated/α-hetero) is 1. The molecule has 0 radical (unpaired) electrons. The van der Waals surface area contributed by atoms with Gasteiger partial charge in [0.15, 0.2) is 5.78 Å². The maximum absolute atomic E-state index is 11.6. The largest absolute Gasteiger partial charge is 0.367 e. The van der Waals surface area contributed by atoms with Gasteiger partial charge in [0.05, 0.1) is 11.9 Å². The lowest BCUT2D eigenvalue weighted by molar-refractivity contribution is 0.0983. The molecule has 1 aromatic heterocycles. The van der Waals surface area contributed by atoms with Gasteiger partial charge in [-0.15, -0.1) is 0 Å². The van der Waals surface area contributed by atoms with E-state index in [2.05, 4.69) is 22.9 Å². The van der Waals surface area contributed by atoms with E-state index < -0.39 is 0 Å². The molecule has 1 fully saturated rings. The molecule has 1 aliphatic heterocycles. The minimum absolute atomic E-state index is 0.120. The second-order valence-electron chi connectivity index (χ2n) is 5.28. The third-order valence-corrected chi connectivity index (χ3v) is 4.03. The number of ketones is 1. The van der Waals surface area contributed by atoms with Crippen molar-refractivity contribution >= 4 is 11.5 Å². The average molecular weight is 260 g/mol. The Hall–Kier alpha value is -1.38. The summed E-state index contributed by atoms with van der Waals surface area (Å²) in [5, 5.41) is 0. The molecule has 0 N–H and O–H groups in total. The lowest BCUT2D eigenvalue weighted by atomic mass is 10.1. The number of anilines is 1. The first kappa shape index (κ1) is 14.0. The van der Waals surface area contributed by atoms with E-state index in [1.165, 1.54) is 37.8 Å². The summed E-state index contributed by atoms with van der Waals surface area (Å²) in [5.74, 6) is 0.120. The van der Waals surface area contributed by atoms with Crippen LogP contribution < -0.4 is 4.90 Å². The number of hydrogen-bond donors (Lipinski definition) is 0. The average Bonchev–Trinajstić information content (AvgIpc) is 2.71. The van der Waals surface area contributed by atoms with Crippen molar-refractivity contribution in [3.05, 3.63) is 24.0 Å². The Morgan fingerprint density at radius 2 is 2.16 bits per heavy atom. The molecule has 0 aliphatic carbocycles. The van der Waals surface area contributed by atoms with Crippen LogP contribution in [0.15, 0.2) is 18.3 Å². The molecule has 1 aromatic rings. The quantitative estimate of drug-likeness (QED) is 0.771. The summed E-state index contributed by atoms with van der Waals surface area (Å²) >= 11 is 0. The van der Waals surface area contributed by atoms with E-state index in [1.807, 2.05) is 19.2 Å². The van der Waals surface area contributed by atoms with Crippen LogP contribution in [0.2, 0.25) is 0 Å². The minimum atomic E-state index is 0.120. The molecule has 2 heterocycles. The van der Waals surface area contributed by atoms with Crippen LogP contribution >= 0.6 is 0 Å². The topological polar surface area (TPSA) is 33.2 Å². The second-order valence-corrected chi connectivity index (χ2v) is 5.28. The summed E-state index contributed by atoms with van der Waals surface area (Å²) in [6, 6.07) is 4.56. The maximum atomic E-state index is 11.6. The van der Waals surface area contributed by atoms with E-state index in [-0.39, 0.29) is 5.78 Å². The van der Waals surface area contributed by atoms with Gasteiger partial charge < -0.3 is 4.90 Å². The van der Waals surface area contributed by atoms with Gasteiger partial charge in [-0.25, -0.2) is 0 Å². The third kappa shape index (κ3) is 3.34. The molecular weight excluding hydrogens is 236 g/mol. The fourth-order valence-electron chi connectivity index (χ4n) is 2.84. The zero-order chi connectivity index (χ0) is 13.7. The SMILES string of the molecule is CCC(=O)c1ccc(N2CCCCCC2CC)cn1. The van der Waals surface area contributed by atoms with Gasteiger partial charge in [0.2, 0.25) is 0 Å². The first-order valence-corrected chi connectivity index (χ1v) is 7.52. The van der Waals surface area contributed by atoms with Crippen molar-refractivity contribution in [1.29, 1.82) is 0 Å². The zero-order valence-corrected chi connectivity index (χ0v) is 12.1. The molecule has 2 rings (SSSR count). The number of nitrogens with zero attached hydrogens (tertiary/aromatic N) is 2. The van der Waals surface area contributed by atoms with Gasteiger partial charge in [-0.3, -0.25) is 9.78 Å². The van der Waals surface area contributed by atoms with Crippen LogP contribution in [0.1, 0.15) is 62.9 Å². The molecular formula is C16H24N2O. The molecule has 104 valence electrons. The number of rotatable bonds is 4. The summed E-state index contributed by atoms with van der Waals surface area (Å²) in [4.78, 5) is 18.4. The van der Waals surface area contributed by atoms with Gasteiger partial charge >= 0.3 is 0 Å². The highest BCUT2D eigenvalue weighted by Gasteiger charge is 2.20. The van der Waals surface area contributed by atoms with E-state index in [4.69, 9.17) is 0 Å². The fraction of sp³-hybridized carbons (Fsp3) is 0.625. The van der Waals surface area contributed by atoms with Gasteiger partial charge in [0.1, 0.15) is 5.69 Å². The molecule has 1 aliphatic rings. The molecule has 1 atom stereocenters. The first-order chi connectivity index (χ1) is 9.26. The minimum Gasteiger partial charge on any atom is -0.367 e. The van der Waals surface area contributed by atoms with Crippen LogP contribution in [-0.2, 0) is 0 Å². The predicted octanol–water partition coefficient (Wildman–Crippen LogP) is 3.83. The Kier molecular flexibility index (Phi) is 4.94. The van der Waals surface area contributed by atoms with Crippen LogP contribution in [0.5, 0.6) is 0 Å². The Morgan fingerprint density at radius 3 is 2.79 bits per heavy atom. The molecule has 0 aromatic carbocycles. The highest BCUT2D eigenvalue weighted by molar-refractivity contribution is 5.94. The van der Waals surface area contributed by atoms with Crippen LogP contribution in [0.3, 0.4) is 0 Å². The lowest BCUT2D eigenvalue weighted by Gasteiger charge is -2.31. The van der Waals surface area contributed by atoms with Crippen LogP contribution in [-0.4, -0.2) is 23.4 Å². The maximum Gasteiger partial charge on any atom is 0.180 e. The fourth-order valence-corrected chi connectivity index (χ4v) is 2.84. The van der Waals surface area contributed by atoms with Crippen LogP contribution in [0.25, 0.3) is 0 Å². The normalized spacial score (nSPS) is 20.1. The summed E-state index contributed by atoms with van der Waals surface area (Å²) in [6.45, 7) is 5.24. The summed E-state index contributed by atoms with van der Waals surface area (Å²) in [5.41, 5.74) is 1.76. The first-order valence-electron chi connectivity index (χ1n) is 7.52. The Bertz CT molecular complexity index is 413. The molecule has 1 saturated heterocycles. The highest BCUT2D eigenvalue weighted by Crippen LogP contribution is 2.25. The number of hydrogen-bond acceptors (Lipinski definition) is 3. The van der Waals surface area contributed by atoms with Gasteiger partial charge in [0.25, 0.3) is 0 Å². The van der Waals surface area contributed by atoms with E-state index in [0.29, 0.717) is 18.2 Å². The van der Waals surface area contributed by atoms with Crippen molar-refractivity contribution in [2.45, 2.75) is 58.4 Å². The second kappa shape index (κ2) is 6.69. The van der Waals surface area contributed by atoms with Crippen molar-refractivity contribution in [2.24, 2.45) is 0 Å². The van der Waals surface area contributed by atoms with Crippen LogP contribution in [0.4, 0.5) is 5.69 Å². The van der Waals surface area contributed by atoms with E-state index in [0.717, 1.165) is 6.54 Å². The van der Waals surface area contributed by atoms with Crippen LogP contribution in [0, 0.1) is 0 Å². The van der Waals surface area contributed by atoms with E-state index >= 15 is 0 Å². The van der Waals surface area contributed by atoms with Crippen molar-refractivity contribution in [3.63, 3.8) is 0 Å². The van der Waals surface area contributed by atoms with Crippen molar-refractivity contribution in [3.8, 4) is 0 Å². The monoisotopic (exact) mass is 260 g/mol. The molecule has 3 heteroatoms. The van der Waals surface area contributed by atoms with Crippen molar-refractivity contribution in [1.82, 2.24) is 4.98 Å². The molecule has 1 unspecified atom stereocenters. The highest BCUT2D eigenvalue weighted by atomic mass is 16.1. The Balaban J connectivity index is 2.17. The number of carbonyl (C=O) groups excluding carboxylic acids is 1. The third-order valence-electron chi connectivity index (χ3n) is 4.03. The molecule has 0 spiro atoms. The molecule has 0 bridgehead atoms. The number of pyridine rings is 1. The molecule has 3 nitrogen and oxygen atoms in total. The van der Waals surface area contributed by atoms with E-state index in [9.17, 15) is 4.79 Å². The van der Waals surface area contributed by atoms with Gasteiger partial charge in [0, 0.05) is 19.0 Å². The Morgan fingerprint density at radius 1 is 1.32 bits per heavy atom.